The van der Waals surface area contributed by atoms with Gasteiger partial charge in [-0.15, -0.1) is 0 Å². The van der Waals surface area contributed by atoms with Crippen LogP contribution in [0.1, 0.15) is 35.8 Å². The Kier molecular flexibility index (Phi) is 13.4. The van der Waals surface area contributed by atoms with Crippen LogP contribution in [0.3, 0.4) is 0 Å². The molecule has 0 heterocycles. The van der Waals surface area contributed by atoms with Crippen LogP contribution in [0, 0.1) is 0 Å². The molecule has 0 aliphatic heterocycles. The molecule has 0 aromatic heterocycles. The van der Waals surface area contributed by atoms with Gasteiger partial charge in [0.2, 0.25) is 6.41 Å². The molecule has 0 radical (unpaired) electrons. The minimum Gasteiger partial charge on any atom is -0.481 e. The molecule has 0 spiro atoms. The number of unbranched alkanes of at least 4 members (excludes halogenated alkanes) is 1. The van der Waals surface area contributed by atoms with Crippen molar-refractivity contribution < 1.29 is 45.3 Å². The quantitative estimate of drug-likeness (QED) is 0.0822. The van der Waals surface area contributed by atoms with Crippen molar-refractivity contribution in [1.82, 2.24) is 16.0 Å². The summed E-state index contributed by atoms with van der Waals surface area (Å²) in [6, 6.07) is 13.6. The molecular weight excluding hydrogens is 486 g/mol. The molecule has 12 nitrogen and oxygen atoms in total. The lowest BCUT2D eigenvalue weighted by atomic mass is 10.0. The van der Waals surface area contributed by atoms with Crippen LogP contribution >= 0.6 is 0 Å². The lowest BCUT2D eigenvalue weighted by Crippen LogP contribution is -2.55. The molecule has 12 heteroatoms. The summed E-state index contributed by atoms with van der Waals surface area (Å²) in [5.41, 5.74) is 1.71. The Morgan fingerprint density at radius 2 is 1.62 bits per heavy atom. The van der Waals surface area contributed by atoms with E-state index in [2.05, 4.69) is 28.1 Å². The van der Waals surface area contributed by atoms with Crippen molar-refractivity contribution in [3.63, 3.8) is 0 Å². The van der Waals surface area contributed by atoms with Crippen LogP contribution in [0.25, 0.3) is 0 Å². The van der Waals surface area contributed by atoms with Gasteiger partial charge in [0.15, 0.2) is 12.9 Å². The van der Waals surface area contributed by atoms with Crippen molar-refractivity contribution >= 4 is 5.97 Å². The van der Waals surface area contributed by atoms with Crippen molar-refractivity contribution in [3.8, 4) is 5.75 Å². The van der Waals surface area contributed by atoms with Gasteiger partial charge in [-0.05, 0) is 55.5 Å². The first-order chi connectivity index (χ1) is 17.7. The molecule has 0 amide bonds. The number of rotatable bonds is 18. The van der Waals surface area contributed by atoms with Crippen molar-refractivity contribution in [2.75, 3.05) is 19.7 Å². The Balaban J connectivity index is 2.03. The first kappa shape index (κ1) is 30.6. The molecule has 0 aliphatic carbocycles. The molecule has 0 aliphatic rings. The Morgan fingerprint density at radius 1 is 0.892 bits per heavy atom. The molecular formula is C25H37N3O9. The van der Waals surface area contributed by atoms with Crippen LogP contribution in [0.2, 0.25) is 0 Å². The van der Waals surface area contributed by atoms with Gasteiger partial charge in [0.1, 0.15) is 18.2 Å². The number of ether oxygens (including phenoxy) is 1. The molecule has 2 aromatic rings. The maximum atomic E-state index is 10.8. The Morgan fingerprint density at radius 3 is 2.27 bits per heavy atom. The number of hydrogen-bond acceptors (Lipinski definition) is 11. The second-order valence-electron chi connectivity index (χ2n) is 8.54. The first-order valence-corrected chi connectivity index (χ1v) is 12.0. The van der Waals surface area contributed by atoms with E-state index in [4.69, 9.17) is 20.1 Å². The van der Waals surface area contributed by atoms with Gasteiger partial charge in [-0.2, -0.15) is 0 Å². The zero-order chi connectivity index (χ0) is 27.2. The predicted octanol–water partition coefficient (Wildman–Crippen LogP) is -1.26. The third-order valence-corrected chi connectivity index (χ3v) is 5.53. The largest absolute Gasteiger partial charge is 0.481 e. The summed E-state index contributed by atoms with van der Waals surface area (Å²) in [6.45, 7) is -0.384. The number of aryl methyl sites for hydroxylation is 1. The number of carboxylic acids is 1. The Hall–Kier alpha value is -2.65. The fourth-order valence-electron chi connectivity index (χ4n) is 3.73. The smallest absolute Gasteiger partial charge is 0.341 e. The Bertz CT molecular complexity index is 931. The van der Waals surface area contributed by atoms with Gasteiger partial charge >= 0.3 is 5.97 Å². The minimum atomic E-state index is -1.93. The Labute approximate surface area is 215 Å². The van der Waals surface area contributed by atoms with Gasteiger partial charge < -0.3 is 40.5 Å². The lowest BCUT2D eigenvalue weighted by Gasteiger charge is -2.28. The van der Waals surface area contributed by atoms with Gasteiger partial charge in [0.25, 0.3) is 0 Å². The molecule has 206 valence electrons. The van der Waals surface area contributed by atoms with Crippen molar-refractivity contribution in [1.29, 1.82) is 0 Å². The van der Waals surface area contributed by atoms with Crippen LogP contribution in [-0.4, -0.2) is 86.3 Å². The fraction of sp³-hybridized carbons (Fsp3) is 0.480. The second-order valence-corrected chi connectivity index (χ2v) is 8.54. The second kappa shape index (κ2) is 16.2. The third kappa shape index (κ3) is 12.0. The van der Waals surface area contributed by atoms with E-state index in [0.29, 0.717) is 12.1 Å². The van der Waals surface area contributed by atoms with E-state index in [0.717, 1.165) is 19.3 Å². The number of aliphatic hydroxyl groups excluding tert-OH is 4. The monoisotopic (exact) mass is 523 g/mol. The standard InChI is InChI=1S/C25H37N3O9/c29-21(14-27-25(35)36)28-19(23(32)26-11-5-4-8-16-6-2-1-3-7-16)13-17-9-10-20(37-15-22(30)31)18(12-17)24(33)34/h1-3,6-7,9-10,12,19,21,23-29,32-36H,4-5,8,11,13-15H2,(H,30,31). The summed E-state index contributed by atoms with van der Waals surface area (Å²) in [4.78, 5) is 10.8. The maximum absolute atomic E-state index is 10.8. The molecule has 2 rings (SSSR count). The first-order valence-electron chi connectivity index (χ1n) is 12.0. The molecule has 3 unspecified atom stereocenters. The van der Waals surface area contributed by atoms with Crippen LogP contribution < -0.4 is 20.7 Å². The SMILES string of the molecule is O=C(O)COc1ccc(CC(NC(O)CNC(O)O)C(O)NCCCCc2ccccc2)cc1C(O)O. The number of hydrogen-bond donors (Lipinski definition) is 10. The molecule has 37 heavy (non-hydrogen) atoms. The average molecular weight is 524 g/mol. The molecule has 3 atom stereocenters. The highest BCUT2D eigenvalue weighted by Crippen LogP contribution is 2.26. The molecule has 0 saturated heterocycles. The lowest BCUT2D eigenvalue weighted by molar-refractivity contribution is -0.139. The number of nitrogens with one attached hydrogen (secondary N) is 3. The highest BCUT2D eigenvalue weighted by Gasteiger charge is 2.23. The normalized spacial score (nSPS) is 14.1. The molecule has 0 bridgehead atoms. The summed E-state index contributed by atoms with van der Waals surface area (Å²) in [5.74, 6) is -1.23. The topological polar surface area (TPSA) is 204 Å². The number of aliphatic carboxylic acids is 1. The number of aliphatic hydroxyl groups is 6. The number of carbonyl (C=O) groups is 1. The van der Waals surface area contributed by atoms with E-state index >= 15 is 0 Å². The van der Waals surface area contributed by atoms with Crippen LogP contribution in [0.15, 0.2) is 48.5 Å². The predicted molar refractivity (Wildman–Crippen MR) is 133 cm³/mol. The number of benzene rings is 2. The maximum Gasteiger partial charge on any atom is 0.341 e. The van der Waals surface area contributed by atoms with Gasteiger partial charge in [0, 0.05) is 12.1 Å². The molecule has 2 aromatic carbocycles. The highest BCUT2D eigenvalue weighted by atomic mass is 16.5. The van der Waals surface area contributed by atoms with E-state index in [1.807, 2.05) is 18.2 Å². The van der Waals surface area contributed by atoms with Gasteiger partial charge in [-0.25, -0.2) is 4.79 Å². The minimum absolute atomic E-state index is 0.0103. The van der Waals surface area contributed by atoms with Crippen LogP contribution in [-0.2, 0) is 17.6 Å². The van der Waals surface area contributed by atoms with Gasteiger partial charge in [0.05, 0.1) is 6.04 Å². The van der Waals surface area contributed by atoms with E-state index in [1.54, 1.807) is 6.07 Å². The van der Waals surface area contributed by atoms with E-state index in [9.17, 15) is 25.2 Å². The van der Waals surface area contributed by atoms with Gasteiger partial charge in [-0.3, -0.25) is 16.0 Å². The van der Waals surface area contributed by atoms with E-state index in [-0.39, 0.29) is 24.3 Å². The van der Waals surface area contributed by atoms with E-state index < -0.39 is 43.8 Å². The third-order valence-electron chi connectivity index (χ3n) is 5.53. The molecule has 0 fully saturated rings. The summed E-state index contributed by atoms with van der Waals surface area (Å²) in [6.07, 6.45) is -3.41. The average Bonchev–Trinajstić information content (AvgIpc) is 2.86. The summed E-state index contributed by atoms with van der Waals surface area (Å²) in [5, 5.41) is 75.3. The summed E-state index contributed by atoms with van der Waals surface area (Å²) >= 11 is 0. The van der Waals surface area contributed by atoms with Crippen molar-refractivity contribution in [2.24, 2.45) is 0 Å². The fourth-order valence-corrected chi connectivity index (χ4v) is 3.73. The van der Waals surface area contributed by atoms with Crippen LogP contribution in [0.4, 0.5) is 0 Å². The van der Waals surface area contributed by atoms with Crippen molar-refractivity contribution in [3.05, 3.63) is 65.2 Å². The van der Waals surface area contributed by atoms with Crippen molar-refractivity contribution in [2.45, 2.75) is 56.9 Å². The summed E-state index contributed by atoms with van der Waals surface area (Å²) in [7, 11) is 0. The van der Waals surface area contributed by atoms with Crippen LogP contribution in [0.5, 0.6) is 5.75 Å². The van der Waals surface area contributed by atoms with E-state index in [1.165, 1.54) is 17.7 Å². The highest BCUT2D eigenvalue weighted by molar-refractivity contribution is 5.68. The zero-order valence-electron chi connectivity index (χ0n) is 20.4. The summed E-state index contributed by atoms with van der Waals surface area (Å²) < 4.78 is 5.10. The zero-order valence-corrected chi connectivity index (χ0v) is 20.4. The molecule has 10 N–H and O–H groups in total. The number of carboxylic acid groups (broad SMARTS) is 1. The van der Waals surface area contributed by atoms with Gasteiger partial charge in [-0.1, -0.05) is 36.4 Å². The molecule has 0 saturated carbocycles.